The Morgan fingerprint density at radius 2 is 2.14 bits per heavy atom. The Morgan fingerprint density at radius 1 is 1.36 bits per heavy atom. The summed E-state index contributed by atoms with van der Waals surface area (Å²) < 4.78 is 10.1. The van der Waals surface area contributed by atoms with Crippen LogP contribution in [0.3, 0.4) is 0 Å². The first-order valence-electron chi connectivity index (χ1n) is 4.71. The zero-order valence-corrected chi connectivity index (χ0v) is 9.51. The van der Waals surface area contributed by atoms with Crippen molar-refractivity contribution < 1.29 is 9.47 Å². The van der Waals surface area contributed by atoms with E-state index in [1.807, 2.05) is 12.1 Å². The fourth-order valence-electron chi connectivity index (χ4n) is 1.25. The van der Waals surface area contributed by atoms with Crippen LogP contribution in [0.15, 0.2) is 23.1 Å². The van der Waals surface area contributed by atoms with Crippen LogP contribution in [0, 0.1) is 0 Å². The Kier molecular flexibility index (Phi) is 4.84. The maximum Gasteiger partial charge on any atom is 0.188 e. The molecule has 2 nitrogen and oxygen atoms in total. The van der Waals surface area contributed by atoms with Crippen LogP contribution in [0.4, 0.5) is 0 Å². The molecule has 3 heteroatoms. The topological polar surface area (TPSA) is 18.5 Å². The molecule has 14 heavy (non-hydrogen) atoms. The van der Waals surface area contributed by atoms with Gasteiger partial charge in [0.05, 0.1) is 0 Å². The van der Waals surface area contributed by atoms with Crippen LogP contribution >= 0.6 is 12.6 Å². The molecule has 0 N–H and O–H groups in total. The van der Waals surface area contributed by atoms with Crippen molar-refractivity contribution in [1.29, 1.82) is 0 Å². The molecule has 0 saturated carbocycles. The van der Waals surface area contributed by atoms with Gasteiger partial charge in [-0.05, 0) is 24.1 Å². The molecule has 0 atom stereocenters. The fourth-order valence-corrected chi connectivity index (χ4v) is 1.56. The lowest BCUT2D eigenvalue weighted by Crippen LogP contribution is -1.99. The summed E-state index contributed by atoms with van der Waals surface area (Å²) >= 11 is 4.35. The second-order valence-electron chi connectivity index (χ2n) is 3.10. The third-order valence-electron chi connectivity index (χ3n) is 1.89. The molecule has 0 aliphatic heterocycles. The first-order chi connectivity index (χ1) is 6.77. The zero-order valence-electron chi connectivity index (χ0n) is 8.62. The summed E-state index contributed by atoms with van der Waals surface area (Å²) in [5, 5.41) is 0. The quantitative estimate of drug-likeness (QED) is 0.597. The minimum atomic E-state index is 0.265. The van der Waals surface area contributed by atoms with Gasteiger partial charge >= 0.3 is 0 Å². The maximum atomic E-state index is 5.32. The third kappa shape index (κ3) is 3.24. The summed E-state index contributed by atoms with van der Waals surface area (Å²) in [6, 6.07) is 6.04. The summed E-state index contributed by atoms with van der Waals surface area (Å²) in [6.45, 7) is 2.42. The van der Waals surface area contributed by atoms with E-state index < -0.39 is 0 Å². The van der Waals surface area contributed by atoms with Gasteiger partial charge in [-0.2, -0.15) is 0 Å². The summed E-state index contributed by atoms with van der Waals surface area (Å²) in [7, 11) is 1.60. The van der Waals surface area contributed by atoms with E-state index in [-0.39, 0.29) is 6.79 Å². The summed E-state index contributed by atoms with van der Waals surface area (Å²) in [5.74, 6) is 0.773. The van der Waals surface area contributed by atoms with Gasteiger partial charge < -0.3 is 9.47 Å². The number of ether oxygens (including phenoxy) is 2. The van der Waals surface area contributed by atoms with Gasteiger partial charge in [-0.1, -0.05) is 19.4 Å². The van der Waals surface area contributed by atoms with Gasteiger partial charge in [0, 0.05) is 12.0 Å². The lowest BCUT2D eigenvalue weighted by atomic mass is 10.1. The zero-order chi connectivity index (χ0) is 10.4. The minimum absolute atomic E-state index is 0.265. The molecular weight excluding hydrogens is 196 g/mol. The number of hydrogen-bond acceptors (Lipinski definition) is 3. The average molecular weight is 212 g/mol. The second-order valence-corrected chi connectivity index (χ2v) is 3.58. The van der Waals surface area contributed by atoms with Crippen molar-refractivity contribution in [2.24, 2.45) is 0 Å². The number of methoxy groups -OCH3 is 1. The molecule has 0 bridgehead atoms. The van der Waals surface area contributed by atoms with Crippen LogP contribution in [0.5, 0.6) is 5.75 Å². The number of thiol groups is 1. The monoisotopic (exact) mass is 212 g/mol. The molecule has 0 radical (unpaired) electrons. The van der Waals surface area contributed by atoms with E-state index in [0.717, 1.165) is 23.5 Å². The highest BCUT2D eigenvalue weighted by Gasteiger charge is 2.01. The van der Waals surface area contributed by atoms with Crippen LogP contribution in [-0.4, -0.2) is 13.9 Å². The van der Waals surface area contributed by atoms with Crippen LogP contribution in [0.2, 0.25) is 0 Å². The molecule has 78 valence electrons. The number of aryl methyl sites for hydroxylation is 1. The smallest absolute Gasteiger partial charge is 0.188 e. The van der Waals surface area contributed by atoms with Crippen molar-refractivity contribution in [3.63, 3.8) is 0 Å². The Bertz CT molecular complexity index is 287. The lowest BCUT2D eigenvalue weighted by Gasteiger charge is -2.08. The van der Waals surface area contributed by atoms with Crippen molar-refractivity contribution in [2.75, 3.05) is 13.9 Å². The first kappa shape index (κ1) is 11.4. The molecule has 0 aromatic heterocycles. The molecule has 1 aromatic rings. The predicted molar refractivity (Wildman–Crippen MR) is 60.2 cm³/mol. The molecule has 0 aliphatic carbocycles. The number of hydrogen-bond donors (Lipinski definition) is 1. The molecule has 0 spiro atoms. The standard InChI is InChI=1S/C11H16O2S/c1-3-4-9-5-6-10(11(14)7-9)13-8-12-2/h5-7,14H,3-4,8H2,1-2H3. The third-order valence-corrected chi connectivity index (χ3v) is 2.24. The normalized spacial score (nSPS) is 10.2. The molecule has 0 heterocycles. The van der Waals surface area contributed by atoms with Gasteiger partial charge in [0.15, 0.2) is 6.79 Å². The van der Waals surface area contributed by atoms with Crippen LogP contribution in [0.25, 0.3) is 0 Å². The van der Waals surface area contributed by atoms with E-state index in [4.69, 9.17) is 9.47 Å². The molecular formula is C11H16O2S. The number of rotatable bonds is 5. The fraction of sp³-hybridized carbons (Fsp3) is 0.455. The number of benzene rings is 1. The Labute approximate surface area is 90.6 Å². The van der Waals surface area contributed by atoms with Crippen LogP contribution < -0.4 is 4.74 Å². The largest absolute Gasteiger partial charge is 0.466 e. The summed E-state index contributed by atoms with van der Waals surface area (Å²) in [4.78, 5) is 0.869. The van der Waals surface area contributed by atoms with Gasteiger partial charge in [-0.3, -0.25) is 0 Å². The SMILES string of the molecule is CCCc1ccc(OCOC)c(S)c1. The maximum absolute atomic E-state index is 5.32. The van der Waals surface area contributed by atoms with Gasteiger partial charge in [0.2, 0.25) is 0 Å². The van der Waals surface area contributed by atoms with Crippen molar-refractivity contribution in [2.45, 2.75) is 24.7 Å². The van der Waals surface area contributed by atoms with Crippen molar-refractivity contribution >= 4 is 12.6 Å². The second kappa shape index (κ2) is 5.94. The van der Waals surface area contributed by atoms with Crippen LogP contribution in [-0.2, 0) is 11.2 Å². The highest BCUT2D eigenvalue weighted by Crippen LogP contribution is 2.24. The molecule has 0 aliphatic rings. The van der Waals surface area contributed by atoms with Crippen molar-refractivity contribution in [1.82, 2.24) is 0 Å². The first-order valence-corrected chi connectivity index (χ1v) is 5.16. The minimum Gasteiger partial charge on any atom is -0.466 e. The Morgan fingerprint density at radius 3 is 2.71 bits per heavy atom. The summed E-state index contributed by atoms with van der Waals surface area (Å²) in [6.07, 6.45) is 2.23. The average Bonchev–Trinajstić information content (AvgIpc) is 2.17. The lowest BCUT2D eigenvalue weighted by molar-refractivity contribution is 0.0491. The molecule has 0 saturated heterocycles. The summed E-state index contributed by atoms with van der Waals surface area (Å²) in [5.41, 5.74) is 1.29. The van der Waals surface area contributed by atoms with Crippen molar-refractivity contribution in [3.05, 3.63) is 23.8 Å². The Hall–Kier alpha value is -0.670. The molecule has 1 rings (SSSR count). The highest BCUT2D eigenvalue weighted by molar-refractivity contribution is 7.80. The highest BCUT2D eigenvalue weighted by atomic mass is 32.1. The molecule has 1 aromatic carbocycles. The van der Waals surface area contributed by atoms with Gasteiger partial charge in [0.25, 0.3) is 0 Å². The van der Waals surface area contributed by atoms with E-state index in [0.29, 0.717) is 0 Å². The van der Waals surface area contributed by atoms with E-state index in [1.54, 1.807) is 7.11 Å². The van der Waals surface area contributed by atoms with E-state index in [9.17, 15) is 0 Å². The molecule has 0 unspecified atom stereocenters. The van der Waals surface area contributed by atoms with E-state index in [1.165, 1.54) is 5.56 Å². The van der Waals surface area contributed by atoms with Crippen LogP contribution in [0.1, 0.15) is 18.9 Å². The van der Waals surface area contributed by atoms with Crippen molar-refractivity contribution in [3.8, 4) is 5.75 Å². The van der Waals surface area contributed by atoms with E-state index in [2.05, 4.69) is 25.6 Å². The van der Waals surface area contributed by atoms with Gasteiger partial charge in [-0.15, -0.1) is 12.6 Å². The predicted octanol–water partition coefficient (Wildman–Crippen LogP) is 2.91. The molecule has 0 fully saturated rings. The van der Waals surface area contributed by atoms with E-state index >= 15 is 0 Å². The van der Waals surface area contributed by atoms with Gasteiger partial charge in [-0.25, -0.2) is 0 Å². The molecule has 0 amide bonds. The Balaban J connectivity index is 2.68. The van der Waals surface area contributed by atoms with Gasteiger partial charge in [0.1, 0.15) is 5.75 Å².